The molecule has 1 aromatic carbocycles. The quantitative estimate of drug-likeness (QED) is 0.324. The van der Waals surface area contributed by atoms with E-state index in [9.17, 15) is 19.2 Å². The molecule has 0 saturated heterocycles. The Morgan fingerprint density at radius 1 is 1.08 bits per heavy atom. The van der Waals surface area contributed by atoms with Gasteiger partial charge in [-0.05, 0) is 18.1 Å². The third kappa shape index (κ3) is 10.0. The molecule has 0 aromatic heterocycles. The first-order valence-corrected chi connectivity index (χ1v) is 8.00. The topological polar surface area (TPSA) is 98.8 Å². The molecule has 1 aromatic rings. The van der Waals surface area contributed by atoms with Crippen molar-refractivity contribution in [2.75, 3.05) is 19.8 Å². The largest absolute Gasteiger partial charge is 0.468 e. The Bertz CT molecular complexity index is 582. The van der Waals surface area contributed by atoms with Gasteiger partial charge >= 0.3 is 0 Å². The van der Waals surface area contributed by atoms with E-state index in [-0.39, 0.29) is 43.5 Å². The van der Waals surface area contributed by atoms with Crippen LogP contribution in [0.15, 0.2) is 24.3 Å². The third-order valence-electron chi connectivity index (χ3n) is 3.21. The molecule has 0 spiro atoms. The highest BCUT2D eigenvalue weighted by atomic mass is 16.5. The molecule has 0 fully saturated rings. The number of ketones is 2. The second-order valence-corrected chi connectivity index (χ2v) is 5.56. The van der Waals surface area contributed by atoms with Crippen LogP contribution in [0, 0.1) is 0 Å². The van der Waals surface area contributed by atoms with Gasteiger partial charge < -0.3 is 14.8 Å². The summed E-state index contributed by atoms with van der Waals surface area (Å²) >= 11 is 0. The Morgan fingerprint density at radius 3 is 2.40 bits per heavy atom. The van der Waals surface area contributed by atoms with Crippen LogP contribution in [-0.2, 0) is 41.6 Å². The van der Waals surface area contributed by atoms with Crippen LogP contribution in [0.1, 0.15) is 30.9 Å². The minimum atomic E-state index is -0.239. The van der Waals surface area contributed by atoms with Gasteiger partial charge in [-0.1, -0.05) is 24.3 Å². The fourth-order valence-electron chi connectivity index (χ4n) is 2.05. The highest BCUT2D eigenvalue weighted by Gasteiger charge is 2.07. The molecule has 0 heterocycles. The summed E-state index contributed by atoms with van der Waals surface area (Å²) in [6, 6.07) is 7.27. The Labute approximate surface area is 146 Å². The summed E-state index contributed by atoms with van der Waals surface area (Å²) in [6.07, 6.45) is 0.725. The van der Waals surface area contributed by atoms with Crippen molar-refractivity contribution >= 4 is 23.9 Å². The van der Waals surface area contributed by atoms with Gasteiger partial charge in [0.25, 0.3) is 6.47 Å². The van der Waals surface area contributed by atoms with Crippen LogP contribution < -0.4 is 5.32 Å². The van der Waals surface area contributed by atoms with Gasteiger partial charge in [-0.25, -0.2) is 0 Å². The molecule has 0 aliphatic carbocycles. The van der Waals surface area contributed by atoms with Crippen LogP contribution in [0.5, 0.6) is 0 Å². The number of rotatable bonds is 13. The van der Waals surface area contributed by atoms with Crippen molar-refractivity contribution in [2.45, 2.75) is 32.7 Å². The van der Waals surface area contributed by atoms with E-state index in [0.29, 0.717) is 26.0 Å². The molecule has 1 N–H and O–H groups in total. The molecule has 7 nitrogen and oxygen atoms in total. The van der Waals surface area contributed by atoms with Crippen molar-refractivity contribution in [1.29, 1.82) is 0 Å². The number of ether oxygens (including phenoxy) is 2. The molecule has 0 unspecified atom stereocenters. The van der Waals surface area contributed by atoms with Crippen molar-refractivity contribution in [3.05, 3.63) is 35.4 Å². The molecule has 0 aliphatic heterocycles. The van der Waals surface area contributed by atoms with Gasteiger partial charge in [-0.15, -0.1) is 0 Å². The Morgan fingerprint density at radius 2 is 1.76 bits per heavy atom. The zero-order valence-corrected chi connectivity index (χ0v) is 14.3. The highest BCUT2D eigenvalue weighted by molar-refractivity contribution is 5.98. The average molecular weight is 349 g/mol. The molecular formula is C18H23NO6. The molecule has 25 heavy (non-hydrogen) atoms. The summed E-state index contributed by atoms with van der Waals surface area (Å²) in [5.74, 6) is -0.482. The molecular weight excluding hydrogens is 326 g/mol. The third-order valence-corrected chi connectivity index (χ3v) is 3.21. The van der Waals surface area contributed by atoms with Crippen LogP contribution in [0.3, 0.4) is 0 Å². The van der Waals surface area contributed by atoms with Crippen molar-refractivity contribution in [1.82, 2.24) is 5.32 Å². The maximum atomic E-state index is 11.6. The predicted octanol–water partition coefficient (Wildman–Crippen LogP) is 0.973. The molecule has 0 radical (unpaired) electrons. The number of nitrogens with one attached hydrogen (secondary N) is 1. The Kier molecular flexibility index (Phi) is 9.77. The van der Waals surface area contributed by atoms with Gasteiger partial charge in [0.15, 0.2) is 0 Å². The number of carbonyl (C=O) groups is 4. The standard InChI is InChI=1S/C18H23NO6/c1-14(21)9-17(22)10-15-3-5-16(6-4-15)11-19-18(23)12-24-7-2-8-25-13-20/h3-6,13H,2,7-12H2,1H3,(H,19,23). The van der Waals surface area contributed by atoms with Gasteiger partial charge in [-0.2, -0.15) is 0 Å². The van der Waals surface area contributed by atoms with E-state index in [1.807, 2.05) is 24.3 Å². The van der Waals surface area contributed by atoms with Crippen molar-refractivity contribution in [2.24, 2.45) is 0 Å². The first-order valence-electron chi connectivity index (χ1n) is 8.00. The van der Waals surface area contributed by atoms with Crippen LogP contribution in [0.25, 0.3) is 0 Å². The lowest BCUT2D eigenvalue weighted by molar-refractivity contribution is -0.130. The van der Waals surface area contributed by atoms with E-state index in [1.165, 1.54) is 6.92 Å². The molecule has 7 heteroatoms. The molecule has 0 saturated carbocycles. The van der Waals surface area contributed by atoms with Crippen LogP contribution in [0.4, 0.5) is 0 Å². The summed E-state index contributed by atoms with van der Waals surface area (Å²) < 4.78 is 9.65. The molecule has 1 amide bonds. The molecule has 0 atom stereocenters. The molecule has 0 aliphatic rings. The summed E-state index contributed by atoms with van der Waals surface area (Å²) in [7, 11) is 0. The van der Waals surface area contributed by atoms with E-state index in [0.717, 1.165) is 11.1 Å². The second kappa shape index (κ2) is 11.9. The van der Waals surface area contributed by atoms with Gasteiger partial charge in [0.2, 0.25) is 5.91 Å². The van der Waals surface area contributed by atoms with Crippen LogP contribution >= 0.6 is 0 Å². The van der Waals surface area contributed by atoms with E-state index < -0.39 is 0 Å². The number of carbonyl (C=O) groups excluding carboxylic acids is 4. The Balaban J connectivity index is 2.24. The lowest BCUT2D eigenvalue weighted by Crippen LogP contribution is -2.27. The van der Waals surface area contributed by atoms with Gasteiger partial charge in [0, 0.05) is 19.4 Å². The van der Waals surface area contributed by atoms with E-state index in [2.05, 4.69) is 10.1 Å². The second-order valence-electron chi connectivity index (χ2n) is 5.56. The predicted molar refractivity (Wildman–Crippen MR) is 89.7 cm³/mol. The molecule has 136 valence electrons. The van der Waals surface area contributed by atoms with Crippen molar-refractivity contribution < 1.29 is 28.7 Å². The Hall–Kier alpha value is -2.54. The normalized spacial score (nSPS) is 10.1. The maximum Gasteiger partial charge on any atom is 0.293 e. The lowest BCUT2D eigenvalue weighted by Gasteiger charge is -2.07. The smallest absolute Gasteiger partial charge is 0.293 e. The molecule has 0 bridgehead atoms. The van der Waals surface area contributed by atoms with Crippen LogP contribution in [-0.4, -0.2) is 43.8 Å². The summed E-state index contributed by atoms with van der Waals surface area (Å²) in [4.78, 5) is 44.0. The lowest BCUT2D eigenvalue weighted by atomic mass is 10.0. The number of amides is 1. The fraction of sp³-hybridized carbons (Fsp3) is 0.444. The zero-order chi connectivity index (χ0) is 18.5. The zero-order valence-electron chi connectivity index (χ0n) is 14.3. The number of hydrogen-bond donors (Lipinski definition) is 1. The first kappa shape index (κ1) is 20.5. The van der Waals surface area contributed by atoms with Gasteiger partial charge in [0.05, 0.1) is 19.6 Å². The van der Waals surface area contributed by atoms with Crippen molar-refractivity contribution in [3.63, 3.8) is 0 Å². The number of Topliss-reactive ketones (excluding diaryl/α,β-unsaturated/α-hetero) is 2. The fourth-order valence-corrected chi connectivity index (χ4v) is 2.05. The first-order chi connectivity index (χ1) is 12.0. The van der Waals surface area contributed by atoms with Crippen molar-refractivity contribution in [3.8, 4) is 0 Å². The van der Waals surface area contributed by atoms with E-state index in [4.69, 9.17) is 4.74 Å². The van der Waals surface area contributed by atoms with Gasteiger partial charge in [0.1, 0.15) is 18.2 Å². The summed E-state index contributed by atoms with van der Waals surface area (Å²) in [6.45, 7) is 2.68. The van der Waals surface area contributed by atoms with Gasteiger partial charge in [-0.3, -0.25) is 19.2 Å². The highest BCUT2D eigenvalue weighted by Crippen LogP contribution is 2.06. The number of hydrogen-bond acceptors (Lipinski definition) is 6. The van der Waals surface area contributed by atoms with Crippen LogP contribution in [0.2, 0.25) is 0 Å². The summed E-state index contributed by atoms with van der Waals surface area (Å²) in [5, 5.41) is 2.72. The minimum absolute atomic E-state index is 0.0426. The molecule has 1 rings (SSSR count). The average Bonchev–Trinajstić information content (AvgIpc) is 2.56. The summed E-state index contributed by atoms with van der Waals surface area (Å²) in [5.41, 5.74) is 1.73. The van der Waals surface area contributed by atoms with E-state index >= 15 is 0 Å². The minimum Gasteiger partial charge on any atom is -0.468 e. The maximum absolute atomic E-state index is 11.6. The number of benzene rings is 1. The SMILES string of the molecule is CC(=O)CC(=O)Cc1ccc(CNC(=O)COCCCOC=O)cc1. The monoisotopic (exact) mass is 349 g/mol. The van der Waals surface area contributed by atoms with E-state index in [1.54, 1.807) is 0 Å².